The molecule has 0 radical (unpaired) electrons. The van der Waals surface area contributed by atoms with Gasteiger partial charge in [0.1, 0.15) is 23.5 Å². The van der Waals surface area contributed by atoms with Crippen LogP contribution in [-0.2, 0) is 16.0 Å². The van der Waals surface area contributed by atoms with Crippen LogP contribution in [0.4, 0.5) is 0 Å². The van der Waals surface area contributed by atoms with Gasteiger partial charge in [0.05, 0.1) is 18.8 Å². The third-order valence-electron chi connectivity index (χ3n) is 3.85. The fourth-order valence-electron chi connectivity index (χ4n) is 2.75. The first-order chi connectivity index (χ1) is 12.8. The van der Waals surface area contributed by atoms with Gasteiger partial charge in [-0.3, -0.25) is 9.59 Å². The molecule has 0 amide bonds. The summed E-state index contributed by atoms with van der Waals surface area (Å²) < 4.78 is 12.2. The number of halogens is 2. The van der Waals surface area contributed by atoms with E-state index in [2.05, 4.69) is 0 Å². The molecule has 0 aliphatic heterocycles. The molecule has 140 valence electrons. The largest absolute Gasteiger partial charge is 0.506 e. The molecule has 1 heterocycles. The molecule has 0 unspecified atom stereocenters. The Labute approximate surface area is 183 Å². The first kappa shape index (κ1) is 20.1. The molecule has 2 aromatic carbocycles. The molecule has 3 aromatic rings. The topological polar surface area (TPSA) is 76.7 Å². The second-order valence-electron chi connectivity index (χ2n) is 6.23. The number of hydrogen-bond donors (Lipinski definition) is 1. The van der Waals surface area contributed by atoms with E-state index in [0.29, 0.717) is 29.2 Å². The maximum atomic E-state index is 13.3. The zero-order chi connectivity index (χ0) is 19.7. The van der Waals surface area contributed by atoms with Crippen molar-refractivity contribution < 1.29 is 23.8 Å². The number of ether oxygens (including phenoxy) is 1. The lowest BCUT2D eigenvalue weighted by atomic mass is 9.99. The molecule has 0 saturated heterocycles. The molecule has 0 fully saturated rings. The second kappa shape index (κ2) is 8.17. The minimum absolute atomic E-state index is 0.125. The standard InChI is InChI=1S/C20H16I2O5/c1-10(2)26-17(23)9-16-18(12-5-3-4-6-15(12)27-16)19(24)11-7-13(21)20(25)14(22)8-11/h3-8,10,25H,9H2,1-2H3. The number of fused-ring (bicyclic) bond motifs is 1. The van der Waals surface area contributed by atoms with Crippen molar-refractivity contribution in [2.75, 3.05) is 0 Å². The molecule has 0 aliphatic rings. The van der Waals surface area contributed by atoms with Gasteiger partial charge < -0.3 is 14.3 Å². The van der Waals surface area contributed by atoms with Gasteiger partial charge in [-0.25, -0.2) is 0 Å². The molecule has 0 atom stereocenters. The van der Waals surface area contributed by atoms with E-state index in [0.717, 1.165) is 0 Å². The van der Waals surface area contributed by atoms with E-state index in [1.165, 1.54) is 0 Å². The molecule has 0 bridgehead atoms. The lowest BCUT2D eigenvalue weighted by molar-refractivity contribution is -0.146. The van der Waals surface area contributed by atoms with Crippen LogP contribution in [0, 0.1) is 7.14 Å². The van der Waals surface area contributed by atoms with E-state index < -0.39 is 5.97 Å². The van der Waals surface area contributed by atoms with Crippen LogP contribution in [0.3, 0.4) is 0 Å². The van der Waals surface area contributed by atoms with Crippen molar-refractivity contribution in [3.05, 3.63) is 60.4 Å². The quantitative estimate of drug-likeness (QED) is 0.255. The van der Waals surface area contributed by atoms with Crippen LogP contribution >= 0.6 is 45.2 Å². The number of benzene rings is 2. The molecular formula is C20H16I2O5. The number of aromatic hydroxyl groups is 1. The van der Waals surface area contributed by atoms with E-state index in [4.69, 9.17) is 9.15 Å². The first-order valence-corrected chi connectivity index (χ1v) is 10.4. The summed E-state index contributed by atoms with van der Waals surface area (Å²) in [6.45, 7) is 3.53. The highest BCUT2D eigenvalue weighted by molar-refractivity contribution is 14.1. The number of phenolic OH excluding ortho intramolecular Hbond substituents is 1. The second-order valence-corrected chi connectivity index (χ2v) is 8.55. The highest BCUT2D eigenvalue weighted by Gasteiger charge is 2.25. The van der Waals surface area contributed by atoms with Crippen molar-refractivity contribution in [2.24, 2.45) is 0 Å². The van der Waals surface area contributed by atoms with Crippen LogP contribution < -0.4 is 0 Å². The molecule has 5 nitrogen and oxygen atoms in total. The number of furan rings is 1. The maximum absolute atomic E-state index is 13.3. The minimum atomic E-state index is -0.451. The van der Waals surface area contributed by atoms with Crippen LogP contribution in [0.2, 0.25) is 0 Å². The van der Waals surface area contributed by atoms with Gasteiger partial charge in [0.25, 0.3) is 0 Å². The zero-order valence-corrected chi connectivity index (χ0v) is 18.9. The van der Waals surface area contributed by atoms with Gasteiger partial charge in [-0.15, -0.1) is 0 Å². The number of rotatable bonds is 5. The SMILES string of the molecule is CC(C)OC(=O)Cc1oc2ccccc2c1C(=O)c1cc(I)c(O)c(I)c1. The van der Waals surface area contributed by atoms with Crippen molar-refractivity contribution in [3.8, 4) is 5.75 Å². The highest BCUT2D eigenvalue weighted by atomic mass is 127. The summed E-state index contributed by atoms with van der Waals surface area (Å²) in [7, 11) is 0. The van der Waals surface area contributed by atoms with E-state index in [1.54, 1.807) is 38.1 Å². The predicted octanol–water partition coefficient (Wildman–Crippen LogP) is 5.07. The summed E-state index contributed by atoms with van der Waals surface area (Å²) in [5, 5.41) is 10.6. The van der Waals surface area contributed by atoms with Crippen LogP contribution in [0.1, 0.15) is 35.5 Å². The summed E-state index contributed by atoms with van der Waals surface area (Å²) in [5.74, 6) is -0.286. The molecule has 0 aliphatic carbocycles. The molecule has 1 aromatic heterocycles. The summed E-state index contributed by atoms with van der Waals surface area (Å²) in [6, 6.07) is 10.4. The number of carbonyl (C=O) groups excluding carboxylic acids is 2. The smallest absolute Gasteiger partial charge is 0.313 e. The molecule has 0 spiro atoms. The Morgan fingerprint density at radius 2 is 1.78 bits per heavy atom. The normalized spacial score (nSPS) is 11.1. The van der Waals surface area contributed by atoms with Gasteiger partial charge in [0, 0.05) is 10.9 Å². The number of para-hydroxylation sites is 1. The predicted molar refractivity (Wildman–Crippen MR) is 118 cm³/mol. The molecule has 3 rings (SSSR count). The Morgan fingerprint density at radius 1 is 1.15 bits per heavy atom. The monoisotopic (exact) mass is 590 g/mol. The fourth-order valence-corrected chi connectivity index (χ4v) is 4.51. The van der Waals surface area contributed by atoms with Gasteiger partial charge in [-0.2, -0.15) is 0 Å². The highest BCUT2D eigenvalue weighted by Crippen LogP contribution is 2.32. The van der Waals surface area contributed by atoms with E-state index >= 15 is 0 Å². The number of hydrogen-bond acceptors (Lipinski definition) is 5. The van der Waals surface area contributed by atoms with Crippen LogP contribution in [0.5, 0.6) is 5.75 Å². The first-order valence-electron chi connectivity index (χ1n) is 8.20. The lowest BCUT2D eigenvalue weighted by Crippen LogP contribution is -2.15. The van der Waals surface area contributed by atoms with E-state index in [1.807, 2.05) is 57.3 Å². The van der Waals surface area contributed by atoms with E-state index in [9.17, 15) is 14.7 Å². The average molecular weight is 590 g/mol. The fraction of sp³-hybridized carbons (Fsp3) is 0.200. The molecule has 1 N–H and O–H groups in total. The summed E-state index contributed by atoms with van der Waals surface area (Å²) in [4.78, 5) is 25.4. The summed E-state index contributed by atoms with van der Waals surface area (Å²) in [5.41, 5.74) is 1.31. The average Bonchev–Trinajstić information content (AvgIpc) is 2.95. The van der Waals surface area contributed by atoms with Gasteiger partial charge in [0.15, 0.2) is 5.78 Å². The van der Waals surface area contributed by atoms with Crippen LogP contribution in [-0.4, -0.2) is 23.0 Å². The van der Waals surface area contributed by atoms with Crippen LogP contribution in [0.15, 0.2) is 40.8 Å². The third-order valence-corrected chi connectivity index (χ3v) is 5.49. The zero-order valence-electron chi connectivity index (χ0n) is 14.6. The number of phenols is 1. The Hall–Kier alpha value is -1.62. The Kier molecular flexibility index (Phi) is 6.09. The summed E-state index contributed by atoms with van der Waals surface area (Å²) >= 11 is 3.96. The van der Waals surface area contributed by atoms with Gasteiger partial charge >= 0.3 is 5.97 Å². The van der Waals surface area contributed by atoms with Crippen molar-refractivity contribution in [1.82, 2.24) is 0 Å². The third kappa shape index (κ3) is 4.29. The lowest BCUT2D eigenvalue weighted by Gasteiger charge is -2.08. The van der Waals surface area contributed by atoms with Gasteiger partial charge in [0.2, 0.25) is 0 Å². The van der Waals surface area contributed by atoms with Crippen molar-refractivity contribution >= 4 is 67.9 Å². The minimum Gasteiger partial charge on any atom is -0.506 e. The number of carbonyl (C=O) groups is 2. The van der Waals surface area contributed by atoms with Crippen molar-refractivity contribution in [3.63, 3.8) is 0 Å². The number of ketones is 1. The Bertz CT molecular complexity index is 1010. The molecule has 0 saturated carbocycles. The van der Waals surface area contributed by atoms with Crippen molar-refractivity contribution in [2.45, 2.75) is 26.4 Å². The maximum Gasteiger partial charge on any atom is 0.313 e. The molecule has 7 heteroatoms. The number of esters is 1. The van der Waals surface area contributed by atoms with Crippen molar-refractivity contribution in [1.29, 1.82) is 0 Å². The molecule has 27 heavy (non-hydrogen) atoms. The Morgan fingerprint density at radius 3 is 2.41 bits per heavy atom. The molecular weight excluding hydrogens is 574 g/mol. The summed E-state index contributed by atoms with van der Waals surface area (Å²) in [6.07, 6.45) is -0.374. The van der Waals surface area contributed by atoms with Gasteiger partial charge in [-0.1, -0.05) is 18.2 Å². The van der Waals surface area contributed by atoms with Gasteiger partial charge in [-0.05, 0) is 77.2 Å². The van der Waals surface area contributed by atoms with Crippen LogP contribution in [0.25, 0.3) is 11.0 Å². The van der Waals surface area contributed by atoms with E-state index in [-0.39, 0.29) is 29.8 Å². The Balaban J connectivity index is 2.10.